The van der Waals surface area contributed by atoms with Crippen LogP contribution in [-0.4, -0.2) is 37.9 Å². The van der Waals surface area contributed by atoms with Gasteiger partial charge in [-0.15, -0.1) is 0 Å². The number of rotatable bonds is 6. The summed E-state index contributed by atoms with van der Waals surface area (Å²) in [4.78, 5) is 4.78. The summed E-state index contributed by atoms with van der Waals surface area (Å²) in [7, 11) is 0. The van der Waals surface area contributed by atoms with Crippen LogP contribution in [0.3, 0.4) is 0 Å². The monoisotopic (exact) mass is 418 g/mol. The molecule has 31 heavy (non-hydrogen) atoms. The van der Waals surface area contributed by atoms with Crippen molar-refractivity contribution in [1.29, 1.82) is 0 Å². The first-order chi connectivity index (χ1) is 14.9. The van der Waals surface area contributed by atoms with E-state index in [2.05, 4.69) is 68.6 Å². The van der Waals surface area contributed by atoms with E-state index in [1.54, 1.807) is 0 Å². The van der Waals surface area contributed by atoms with E-state index in [4.69, 9.17) is 10.1 Å². The summed E-state index contributed by atoms with van der Waals surface area (Å²) < 4.78 is 1.98. The first-order valence-electron chi connectivity index (χ1n) is 11.4. The molecule has 0 bridgehead atoms. The van der Waals surface area contributed by atoms with Crippen molar-refractivity contribution >= 4 is 11.7 Å². The third-order valence-corrected chi connectivity index (χ3v) is 6.35. The molecule has 0 amide bonds. The first kappa shape index (κ1) is 21.7. The van der Waals surface area contributed by atoms with E-state index in [-0.39, 0.29) is 0 Å². The number of hydrogen-bond donors (Lipinski definition) is 2. The minimum atomic E-state index is -0.579. The van der Waals surface area contributed by atoms with Crippen molar-refractivity contribution in [2.45, 2.75) is 71.4 Å². The molecule has 0 saturated carbocycles. The van der Waals surface area contributed by atoms with Crippen molar-refractivity contribution in [3.8, 4) is 0 Å². The SMILES string of the molecule is CCc1nn2c(C)cc(C)nc2c1Cc1ccc(/C=C/CC2(O)CCNC(C)C2)cc1. The van der Waals surface area contributed by atoms with E-state index in [1.165, 1.54) is 11.1 Å². The number of piperidine rings is 1. The highest BCUT2D eigenvalue weighted by molar-refractivity contribution is 5.55. The highest BCUT2D eigenvalue weighted by Crippen LogP contribution is 2.26. The van der Waals surface area contributed by atoms with Gasteiger partial charge in [0.25, 0.3) is 0 Å². The fourth-order valence-corrected chi connectivity index (χ4v) is 4.72. The standard InChI is InChI=1S/C26H34N4O/c1-5-24-23(25-28-18(2)15-20(4)30(25)29-24)16-22-10-8-21(9-11-22)7-6-12-26(31)13-14-27-19(3)17-26/h6-11,15,19,27,31H,5,12-14,16-17H2,1-4H3/b7-6+. The summed E-state index contributed by atoms with van der Waals surface area (Å²) in [5.41, 5.74) is 7.30. The molecule has 2 atom stereocenters. The zero-order valence-corrected chi connectivity index (χ0v) is 19.2. The van der Waals surface area contributed by atoms with E-state index >= 15 is 0 Å². The van der Waals surface area contributed by atoms with E-state index < -0.39 is 5.60 Å². The van der Waals surface area contributed by atoms with Crippen LogP contribution in [0.1, 0.15) is 66.9 Å². The van der Waals surface area contributed by atoms with Gasteiger partial charge in [0, 0.05) is 29.4 Å². The second-order valence-electron chi connectivity index (χ2n) is 9.11. The Morgan fingerprint density at radius 1 is 1.26 bits per heavy atom. The summed E-state index contributed by atoms with van der Waals surface area (Å²) in [6.45, 7) is 9.30. The second-order valence-corrected chi connectivity index (χ2v) is 9.11. The van der Waals surface area contributed by atoms with Crippen molar-refractivity contribution in [2.75, 3.05) is 6.54 Å². The lowest BCUT2D eigenvalue weighted by molar-refractivity contribution is 0.00128. The van der Waals surface area contributed by atoms with E-state index in [0.29, 0.717) is 12.5 Å². The molecule has 1 saturated heterocycles. The van der Waals surface area contributed by atoms with Crippen molar-refractivity contribution < 1.29 is 5.11 Å². The molecule has 1 aromatic carbocycles. The minimum Gasteiger partial charge on any atom is -0.389 e. The number of fused-ring (bicyclic) bond motifs is 1. The summed E-state index contributed by atoms with van der Waals surface area (Å²) >= 11 is 0. The molecule has 1 fully saturated rings. The van der Waals surface area contributed by atoms with Crippen LogP contribution in [0.5, 0.6) is 0 Å². The maximum Gasteiger partial charge on any atom is 0.159 e. The maximum atomic E-state index is 10.8. The van der Waals surface area contributed by atoms with Crippen LogP contribution in [0.25, 0.3) is 11.7 Å². The lowest BCUT2D eigenvalue weighted by Gasteiger charge is -2.35. The Labute approximate surface area is 185 Å². The van der Waals surface area contributed by atoms with Gasteiger partial charge in [0.1, 0.15) is 0 Å². The number of aromatic nitrogens is 3. The summed E-state index contributed by atoms with van der Waals surface area (Å²) in [5, 5.41) is 19.0. The fourth-order valence-electron chi connectivity index (χ4n) is 4.72. The third kappa shape index (κ3) is 4.89. The van der Waals surface area contributed by atoms with Gasteiger partial charge in [-0.05, 0) is 70.2 Å². The smallest absolute Gasteiger partial charge is 0.159 e. The third-order valence-electron chi connectivity index (χ3n) is 6.35. The number of nitrogens with zero attached hydrogens (tertiary/aromatic N) is 3. The Kier molecular flexibility index (Phi) is 6.26. The summed E-state index contributed by atoms with van der Waals surface area (Å²) in [6, 6.07) is 11.1. The Balaban J connectivity index is 1.48. The van der Waals surface area contributed by atoms with Gasteiger partial charge in [-0.1, -0.05) is 43.3 Å². The maximum absolute atomic E-state index is 10.8. The number of aryl methyl sites for hydroxylation is 3. The molecule has 2 unspecified atom stereocenters. The van der Waals surface area contributed by atoms with Crippen LogP contribution in [0, 0.1) is 13.8 Å². The lowest BCUT2D eigenvalue weighted by Crippen LogP contribution is -2.46. The van der Waals surface area contributed by atoms with Crippen LogP contribution < -0.4 is 5.32 Å². The average Bonchev–Trinajstić information content (AvgIpc) is 3.07. The van der Waals surface area contributed by atoms with E-state index in [9.17, 15) is 5.11 Å². The van der Waals surface area contributed by atoms with Gasteiger partial charge in [0.05, 0.1) is 11.3 Å². The number of aliphatic hydroxyl groups is 1. The van der Waals surface area contributed by atoms with Gasteiger partial charge >= 0.3 is 0 Å². The number of hydrogen-bond acceptors (Lipinski definition) is 4. The quantitative estimate of drug-likeness (QED) is 0.623. The highest BCUT2D eigenvalue weighted by atomic mass is 16.3. The lowest BCUT2D eigenvalue weighted by atomic mass is 9.85. The molecule has 0 aliphatic carbocycles. The number of nitrogens with one attached hydrogen (secondary N) is 1. The Bertz CT molecular complexity index is 1080. The molecular formula is C26H34N4O. The van der Waals surface area contributed by atoms with Crippen LogP contribution >= 0.6 is 0 Å². The van der Waals surface area contributed by atoms with Gasteiger partial charge in [-0.25, -0.2) is 9.50 Å². The van der Waals surface area contributed by atoms with Crippen LogP contribution in [0.2, 0.25) is 0 Å². The summed E-state index contributed by atoms with van der Waals surface area (Å²) in [6.07, 6.45) is 8.29. The second kappa shape index (κ2) is 8.93. The van der Waals surface area contributed by atoms with Gasteiger partial charge in [0.2, 0.25) is 0 Å². The molecule has 3 heterocycles. The molecule has 3 aromatic rings. The molecule has 1 aliphatic heterocycles. The van der Waals surface area contributed by atoms with Gasteiger partial charge in [-0.3, -0.25) is 0 Å². The zero-order valence-electron chi connectivity index (χ0n) is 19.2. The topological polar surface area (TPSA) is 62.5 Å². The largest absolute Gasteiger partial charge is 0.389 e. The zero-order chi connectivity index (χ0) is 22.0. The Hall–Kier alpha value is -2.50. The Morgan fingerprint density at radius 2 is 2.03 bits per heavy atom. The van der Waals surface area contributed by atoms with Crippen molar-refractivity contribution in [2.24, 2.45) is 0 Å². The van der Waals surface area contributed by atoms with Crippen LogP contribution in [0.4, 0.5) is 0 Å². The van der Waals surface area contributed by atoms with Crippen molar-refractivity contribution in [1.82, 2.24) is 19.9 Å². The molecule has 0 radical (unpaired) electrons. The predicted octanol–water partition coefficient (Wildman–Crippen LogP) is 4.41. The average molecular weight is 419 g/mol. The minimum absolute atomic E-state index is 0.376. The molecule has 4 rings (SSSR count). The van der Waals surface area contributed by atoms with Crippen LogP contribution in [-0.2, 0) is 12.8 Å². The van der Waals surface area contributed by atoms with Crippen molar-refractivity contribution in [3.05, 3.63) is 70.2 Å². The Morgan fingerprint density at radius 3 is 2.74 bits per heavy atom. The van der Waals surface area contributed by atoms with Crippen LogP contribution in [0.15, 0.2) is 36.4 Å². The molecule has 5 heteroatoms. The first-order valence-corrected chi connectivity index (χ1v) is 11.4. The molecule has 2 aromatic heterocycles. The molecule has 1 aliphatic rings. The van der Waals surface area contributed by atoms with Gasteiger partial charge < -0.3 is 10.4 Å². The predicted molar refractivity (Wildman–Crippen MR) is 126 cm³/mol. The van der Waals surface area contributed by atoms with Gasteiger partial charge in [-0.2, -0.15) is 5.10 Å². The molecule has 164 valence electrons. The van der Waals surface area contributed by atoms with E-state index in [0.717, 1.165) is 60.5 Å². The molecule has 0 spiro atoms. The summed E-state index contributed by atoms with van der Waals surface area (Å²) in [5.74, 6) is 0. The highest BCUT2D eigenvalue weighted by Gasteiger charge is 2.30. The number of benzene rings is 1. The van der Waals surface area contributed by atoms with Crippen molar-refractivity contribution in [3.63, 3.8) is 0 Å². The van der Waals surface area contributed by atoms with Gasteiger partial charge in [0.15, 0.2) is 5.65 Å². The molecular weight excluding hydrogens is 384 g/mol. The van der Waals surface area contributed by atoms with E-state index in [1.807, 2.05) is 11.4 Å². The fraction of sp³-hybridized carbons (Fsp3) is 0.462. The molecule has 2 N–H and O–H groups in total. The normalized spacial score (nSPS) is 21.9. The molecule has 5 nitrogen and oxygen atoms in total.